The van der Waals surface area contributed by atoms with E-state index in [2.05, 4.69) is 4.98 Å². The quantitative estimate of drug-likeness (QED) is 0.794. The second-order valence-corrected chi connectivity index (χ2v) is 3.34. The molecular weight excluding hydrogens is 178 g/mol. The third kappa shape index (κ3) is 1.70. The summed E-state index contributed by atoms with van der Waals surface area (Å²) in [5.74, 6) is 0.895. The zero-order valence-corrected chi connectivity index (χ0v) is 8.05. The van der Waals surface area contributed by atoms with Crippen molar-refractivity contribution in [3.8, 4) is 0 Å². The maximum Gasteiger partial charge on any atom is 0.125 e. The van der Waals surface area contributed by atoms with Gasteiger partial charge in [-0.05, 0) is 18.1 Å². The molecule has 0 aliphatic carbocycles. The van der Waals surface area contributed by atoms with Crippen LogP contribution >= 0.6 is 0 Å². The monoisotopic (exact) mass is 191 g/mol. The summed E-state index contributed by atoms with van der Waals surface area (Å²) in [4.78, 5) is 4.20. The van der Waals surface area contributed by atoms with Crippen LogP contribution in [0.5, 0.6) is 0 Å². The predicted octanol–water partition coefficient (Wildman–Crippen LogP) is 1.26. The van der Waals surface area contributed by atoms with Crippen LogP contribution in [0.15, 0.2) is 35.4 Å². The first-order valence-corrected chi connectivity index (χ1v) is 4.51. The topological polar surface area (TPSA) is 57.0 Å². The molecule has 0 aliphatic heterocycles. The number of imidazole rings is 1. The highest BCUT2D eigenvalue weighted by Gasteiger charge is 2.11. The van der Waals surface area contributed by atoms with Gasteiger partial charge in [0.15, 0.2) is 0 Å². The van der Waals surface area contributed by atoms with Gasteiger partial charge in [0.1, 0.15) is 5.82 Å². The third-order valence-electron chi connectivity index (χ3n) is 2.23. The van der Waals surface area contributed by atoms with E-state index in [0.717, 1.165) is 17.8 Å². The van der Waals surface area contributed by atoms with Crippen molar-refractivity contribution in [3.05, 3.63) is 42.4 Å². The number of nitrogens with zero attached hydrogens (tertiary/aromatic N) is 2. The van der Waals surface area contributed by atoms with Crippen LogP contribution in [0.3, 0.4) is 0 Å². The first-order valence-electron chi connectivity index (χ1n) is 4.51. The molecule has 14 heavy (non-hydrogen) atoms. The summed E-state index contributed by atoms with van der Waals surface area (Å²) in [6.07, 6.45) is 7.76. The molecule has 0 saturated heterocycles. The SMILES string of the molecule is Cn1ccnc1C(N)Cc1ccoc1. The highest BCUT2D eigenvalue weighted by Crippen LogP contribution is 2.13. The Kier molecular flexibility index (Phi) is 2.37. The van der Waals surface area contributed by atoms with E-state index in [4.69, 9.17) is 10.2 Å². The zero-order valence-electron chi connectivity index (χ0n) is 8.05. The number of furan rings is 1. The number of hydrogen-bond donors (Lipinski definition) is 1. The molecule has 2 N–H and O–H groups in total. The fourth-order valence-corrected chi connectivity index (χ4v) is 1.49. The molecule has 0 radical (unpaired) electrons. The van der Waals surface area contributed by atoms with Gasteiger partial charge in [0.25, 0.3) is 0 Å². The molecule has 0 fully saturated rings. The molecule has 0 aromatic carbocycles. The van der Waals surface area contributed by atoms with Gasteiger partial charge in [-0.15, -0.1) is 0 Å². The standard InChI is InChI=1S/C10H13N3O/c1-13-4-3-12-10(13)9(11)6-8-2-5-14-7-8/h2-5,7,9H,6,11H2,1H3. The van der Waals surface area contributed by atoms with Gasteiger partial charge in [-0.25, -0.2) is 4.98 Å². The van der Waals surface area contributed by atoms with Gasteiger partial charge in [-0.3, -0.25) is 0 Å². The van der Waals surface area contributed by atoms with Crippen LogP contribution in [0.1, 0.15) is 17.4 Å². The zero-order chi connectivity index (χ0) is 9.97. The minimum atomic E-state index is -0.0763. The van der Waals surface area contributed by atoms with Gasteiger partial charge < -0.3 is 14.7 Å². The Morgan fingerprint density at radius 2 is 2.50 bits per heavy atom. The van der Waals surface area contributed by atoms with Gasteiger partial charge in [0, 0.05) is 19.4 Å². The summed E-state index contributed by atoms with van der Waals surface area (Å²) < 4.78 is 6.92. The van der Waals surface area contributed by atoms with Crippen molar-refractivity contribution >= 4 is 0 Å². The maximum atomic E-state index is 6.01. The molecule has 2 aromatic heterocycles. The summed E-state index contributed by atoms with van der Waals surface area (Å²) in [5, 5.41) is 0. The number of aryl methyl sites for hydroxylation is 1. The molecule has 0 bridgehead atoms. The Hall–Kier alpha value is -1.55. The lowest BCUT2D eigenvalue weighted by atomic mass is 10.1. The van der Waals surface area contributed by atoms with Crippen LogP contribution in [0.2, 0.25) is 0 Å². The third-order valence-corrected chi connectivity index (χ3v) is 2.23. The second kappa shape index (κ2) is 3.67. The molecule has 1 atom stereocenters. The fraction of sp³-hybridized carbons (Fsp3) is 0.300. The normalized spacial score (nSPS) is 13.0. The maximum absolute atomic E-state index is 6.01. The van der Waals surface area contributed by atoms with E-state index >= 15 is 0 Å². The Morgan fingerprint density at radius 1 is 1.64 bits per heavy atom. The van der Waals surface area contributed by atoms with Gasteiger partial charge in [-0.1, -0.05) is 0 Å². The Bertz CT molecular complexity index is 391. The van der Waals surface area contributed by atoms with Crippen molar-refractivity contribution in [2.24, 2.45) is 12.8 Å². The molecule has 2 rings (SSSR count). The molecule has 4 nitrogen and oxygen atoms in total. The molecule has 4 heteroatoms. The first kappa shape index (κ1) is 9.02. The molecule has 2 heterocycles. The van der Waals surface area contributed by atoms with E-state index in [1.54, 1.807) is 18.7 Å². The molecule has 0 spiro atoms. The van der Waals surface area contributed by atoms with Crippen LogP contribution in [0, 0.1) is 0 Å². The van der Waals surface area contributed by atoms with E-state index in [0.29, 0.717) is 0 Å². The van der Waals surface area contributed by atoms with E-state index in [1.165, 1.54) is 0 Å². The lowest BCUT2D eigenvalue weighted by molar-refractivity contribution is 0.558. The summed E-state index contributed by atoms with van der Waals surface area (Å²) in [5.41, 5.74) is 7.10. The minimum Gasteiger partial charge on any atom is -0.472 e. The molecule has 0 amide bonds. The highest BCUT2D eigenvalue weighted by molar-refractivity contribution is 5.10. The van der Waals surface area contributed by atoms with Gasteiger partial charge in [-0.2, -0.15) is 0 Å². The average molecular weight is 191 g/mol. The van der Waals surface area contributed by atoms with Crippen molar-refractivity contribution in [3.63, 3.8) is 0 Å². The Labute approximate surface area is 82.4 Å². The lowest BCUT2D eigenvalue weighted by Gasteiger charge is -2.09. The molecule has 1 unspecified atom stereocenters. The van der Waals surface area contributed by atoms with Crippen molar-refractivity contribution in [2.45, 2.75) is 12.5 Å². The van der Waals surface area contributed by atoms with Crippen LogP contribution in [0.25, 0.3) is 0 Å². The van der Waals surface area contributed by atoms with Gasteiger partial charge in [0.05, 0.1) is 18.6 Å². The summed E-state index contributed by atoms with van der Waals surface area (Å²) >= 11 is 0. The first-order chi connectivity index (χ1) is 6.77. The van der Waals surface area contributed by atoms with Gasteiger partial charge >= 0.3 is 0 Å². The Balaban J connectivity index is 2.10. The van der Waals surface area contributed by atoms with Crippen LogP contribution in [-0.4, -0.2) is 9.55 Å². The van der Waals surface area contributed by atoms with E-state index in [-0.39, 0.29) is 6.04 Å². The van der Waals surface area contributed by atoms with Crippen molar-refractivity contribution < 1.29 is 4.42 Å². The lowest BCUT2D eigenvalue weighted by Crippen LogP contribution is -2.17. The average Bonchev–Trinajstić information content (AvgIpc) is 2.75. The predicted molar refractivity (Wildman–Crippen MR) is 52.5 cm³/mol. The minimum absolute atomic E-state index is 0.0763. The number of aromatic nitrogens is 2. The molecule has 2 aromatic rings. The summed E-state index contributed by atoms with van der Waals surface area (Å²) in [6, 6.07) is 1.84. The number of nitrogens with two attached hydrogens (primary N) is 1. The Morgan fingerprint density at radius 3 is 3.07 bits per heavy atom. The second-order valence-electron chi connectivity index (χ2n) is 3.34. The molecular formula is C10H13N3O. The van der Waals surface area contributed by atoms with Crippen LogP contribution in [-0.2, 0) is 13.5 Å². The molecule has 0 aliphatic rings. The molecule has 74 valence electrons. The number of rotatable bonds is 3. The molecule has 0 saturated carbocycles. The summed E-state index contributed by atoms with van der Waals surface area (Å²) in [7, 11) is 1.94. The number of hydrogen-bond acceptors (Lipinski definition) is 3. The van der Waals surface area contributed by atoms with Crippen LogP contribution in [0.4, 0.5) is 0 Å². The van der Waals surface area contributed by atoms with Crippen LogP contribution < -0.4 is 5.73 Å². The van der Waals surface area contributed by atoms with Gasteiger partial charge in [0.2, 0.25) is 0 Å². The summed E-state index contributed by atoms with van der Waals surface area (Å²) in [6.45, 7) is 0. The van der Waals surface area contributed by atoms with Crippen molar-refractivity contribution in [1.82, 2.24) is 9.55 Å². The smallest absolute Gasteiger partial charge is 0.125 e. The van der Waals surface area contributed by atoms with Crippen molar-refractivity contribution in [2.75, 3.05) is 0 Å². The largest absolute Gasteiger partial charge is 0.472 e. The van der Waals surface area contributed by atoms with Crippen molar-refractivity contribution in [1.29, 1.82) is 0 Å². The van der Waals surface area contributed by atoms with E-state index in [1.807, 2.05) is 23.9 Å². The van der Waals surface area contributed by atoms with E-state index in [9.17, 15) is 0 Å². The van der Waals surface area contributed by atoms with E-state index < -0.39 is 0 Å². The highest BCUT2D eigenvalue weighted by atomic mass is 16.3. The fourth-order valence-electron chi connectivity index (χ4n) is 1.49.